The van der Waals surface area contributed by atoms with Crippen LogP contribution in [0, 0.1) is 13.8 Å². The SMILES string of the molecule is Cc1nc(=O)[nH]c2c(-c3ccccc3)[nH]c(C)c12. The maximum Gasteiger partial charge on any atom is 0.345 e. The summed E-state index contributed by atoms with van der Waals surface area (Å²) in [5.74, 6) is 0. The molecule has 0 spiro atoms. The number of nitrogens with zero attached hydrogens (tertiary/aromatic N) is 1. The van der Waals surface area contributed by atoms with E-state index >= 15 is 0 Å². The lowest BCUT2D eigenvalue weighted by Gasteiger charge is -1.99. The third-order valence-corrected chi connectivity index (χ3v) is 3.11. The van der Waals surface area contributed by atoms with Crippen LogP contribution in [0.1, 0.15) is 11.4 Å². The zero-order chi connectivity index (χ0) is 12.7. The summed E-state index contributed by atoms with van der Waals surface area (Å²) >= 11 is 0. The van der Waals surface area contributed by atoms with E-state index in [-0.39, 0.29) is 5.69 Å². The van der Waals surface area contributed by atoms with Crippen molar-refractivity contribution in [1.29, 1.82) is 0 Å². The number of aromatic amines is 2. The van der Waals surface area contributed by atoms with E-state index in [9.17, 15) is 4.79 Å². The first-order valence-electron chi connectivity index (χ1n) is 5.81. The van der Waals surface area contributed by atoms with Gasteiger partial charge in [0.1, 0.15) is 0 Å². The topological polar surface area (TPSA) is 61.5 Å². The fourth-order valence-electron chi connectivity index (χ4n) is 2.37. The van der Waals surface area contributed by atoms with Crippen LogP contribution in [-0.4, -0.2) is 15.0 Å². The van der Waals surface area contributed by atoms with Crippen molar-refractivity contribution in [2.45, 2.75) is 13.8 Å². The number of rotatable bonds is 1. The van der Waals surface area contributed by atoms with Gasteiger partial charge in [-0.3, -0.25) is 0 Å². The number of benzene rings is 1. The van der Waals surface area contributed by atoms with Gasteiger partial charge in [0.25, 0.3) is 0 Å². The highest BCUT2D eigenvalue weighted by molar-refractivity contribution is 5.95. The Morgan fingerprint density at radius 3 is 2.50 bits per heavy atom. The van der Waals surface area contributed by atoms with Crippen LogP contribution in [-0.2, 0) is 0 Å². The Balaban J connectivity index is 2.42. The van der Waals surface area contributed by atoms with Gasteiger partial charge in [-0.1, -0.05) is 30.3 Å². The van der Waals surface area contributed by atoms with Crippen molar-refractivity contribution in [2.75, 3.05) is 0 Å². The first-order chi connectivity index (χ1) is 8.66. The Morgan fingerprint density at radius 1 is 1.06 bits per heavy atom. The minimum atomic E-state index is -0.309. The molecule has 0 aliphatic carbocycles. The normalized spacial score (nSPS) is 11.0. The van der Waals surface area contributed by atoms with Crippen LogP contribution >= 0.6 is 0 Å². The van der Waals surface area contributed by atoms with Gasteiger partial charge in [0, 0.05) is 16.6 Å². The van der Waals surface area contributed by atoms with Crippen LogP contribution in [0.4, 0.5) is 0 Å². The van der Waals surface area contributed by atoms with Gasteiger partial charge < -0.3 is 9.97 Å². The molecule has 0 aliphatic rings. The largest absolute Gasteiger partial charge is 0.356 e. The summed E-state index contributed by atoms with van der Waals surface area (Å²) in [5, 5.41) is 0.994. The van der Waals surface area contributed by atoms with Gasteiger partial charge in [0.2, 0.25) is 0 Å². The molecular weight excluding hydrogens is 226 g/mol. The highest BCUT2D eigenvalue weighted by Crippen LogP contribution is 2.29. The summed E-state index contributed by atoms with van der Waals surface area (Å²) in [6.45, 7) is 3.84. The van der Waals surface area contributed by atoms with Crippen LogP contribution in [0.5, 0.6) is 0 Å². The Morgan fingerprint density at radius 2 is 1.78 bits per heavy atom. The predicted octanol–water partition coefficient (Wildman–Crippen LogP) is 2.54. The van der Waals surface area contributed by atoms with Gasteiger partial charge in [-0.15, -0.1) is 0 Å². The lowest BCUT2D eigenvalue weighted by molar-refractivity contribution is 1.07. The lowest BCUT2D eigenvalue weighted by Crippen LogP contribution is -2.11. The molecule has 0 bridgehead atoms. The molecule has 90 valence electrons. The number of fused-ring (bicyclic) bond motifs is 1. The monoisotopic (exact) mass is 239 g/mol. The van der Waals surface area contributed by atoms with Crippen molar-refractivity contribution in [3.63, 3.8) is 0 Å². The number of hydrogen-bond acceptors (Lipinski definition) is 2. The molecule has 3 aromatic rings. The lowest BCUT2D eigenvalue weighted by atomic mass is 10.1. The maximum absolute atomic E-state index is 11.5. The number of aryl methyl sites for hydroxylation is 2. The first kappa shape index (κ1) is 10.8. The zero-order valence-electron chi connectivity index (χ0n) is 10.2. The minimum Gasteiger partial charge on any atom is -0.356 e. The van der Waals surface area contributed by atoms with Crippen molar-refractivity contribution < 1.29 is 0 Å². The number of hydrogen-bond donors (Lipinski definition) is 2. The zero-order valence-corrected chi connectivity index (χ0v) is 10.2. The molecule has 0 unspecified atom stereocenters. The van der Waals surface area contributed by atoms with E-state index in [2.05, 4.69) is 15.0 Å². The summed E-state index contributed by atoms with van der Waals surface area (Å²) in [5.41, 5.74) is 4.28. The number of aromatic nitrogens is 3. The van der Waals surface area contributed by atoms with E-state index in [4.69, 9.17) is 0 Å². The van der Waals surface area contributed by atoms with Crippen molar-refractivity contribution >= 4 is 10.9 Å². The molecule has 0 amide bonds. The van der Waals surface area contributed by atoms with Crippen molar-refractivity contribution in [3.05, 3.63) is 52.2 Å². The van der Waals surface area contributed by atoms with Gasteiger partial charge >= 0.3 is 5.69 Å². The van der Waals surface area contributed by atoms with E-state index in [1.165, 1.54) is 0 Å². The molecule has 18 heavy (non-hydrogen) atoms. The molecule has 0 atom stereocenters. The quantitative estimate of drug-likeness (QED) is 0.685. The third kappa shape index (κ3) is 1.54. The maximum atomic E-state index is 11.5. The molecular formula is C14H13N3O. The number of H-pyrrole nitrogens is 2. The Kier molecular flexibility index (Phi) is 2.30. The molecule has 2 N–H and O–H groups in total. The summed E-state index contributed by atoms with van der Waals surface area (Å²) in [6.07, 6.45) is 0. The van der Waals surface area contributed by atoms with Crippen LogP contribution in [0.3, 0.4) is 0 Å². The summed E-state index contributed by atoms with van der Waals surface area (Å²) < 4.78 is 0. The van der Waals surface area contributed by atoms with Gasteiger partial charge in [-0.25, -0.2) is 4.79 Å². The van der Waals surface area contributed by atoms with Crippen molar-refractivity contribution in [3.8, 4) is 11.3 Å². The van der Waals surface area contributed by atoms with E-state index in [0.717, 1.165) is 33.5 Å². The van der Waals surface area contributed by atoms with Gasteiger partial charge in [0.05, 0.1) is 16.9 Å². The third-order valence-electron chi connectivity index (χ3n) is 3.11. The minimum absolute atomic E-state index is 0.309. The van der Waals surface area contributed by atoms with Gasteiger partial charge in [-0.05, 0) is 13.8 Å². The van der Waals surface area contributed by atoms with Crippen LogP contribution in [0.25, 0.3) is 22.2 Å². The summed E-state index contributed by atoms with van der Waals surface area (Å²) in [4.78, 5) is 21.6. The van der Waals surface area contributed by atoms with E-state index in [1.54, 1.807) is 0 Å². The van der Waals surface area contributed by atoms with Crippen LogP contribution < -0.4 is 5.69 Å². The summed E-state index contributed by atoms with van der Waals surface area (Å²) in [6, 6.07) is 9.95. The Labute approximate surface area is 104 Å². The fourth-order valence-corrected chi connectivity index (χ4v) is 2.37. The number of nitrogens with one attached hydrogen (secondary N) is 2. The molecule has 0 aliphatic heterocycles. The molecule has 2 aromatic heterocycles. The molecule has 0 fully saturated rings. The molecule has 0 radical (unpaired) electrons. The molecule has 2 heterocycles. The highest BCUT2D eigenvalue weighted by Gasteiger charge is 2.13. The van der Waals surface area contributed by atoms with Crippen molar-refractivity contribution in [2.24, 2.45) is 0 Å². The first-order valence-corrected chi connectivity index (χ1v) is 5.81. The van der Waals surface area contributed by atoms with E-state index in [0.29, 0.717) is 0 Å². The summed E-state index contributed by atoms with van der Waals surface area (Å²) in [7, 11) is 0. The van der Waals surface area contributed by atoms with Crippen LogP contribution in [0.15, 0.2) is 35.1 Å². The molecule has 0 saturated heterocycles. The standard InChI is InChI=1S/C14H13N3O/c1-8-11-9(2)16-14(18)17-13(11)12(15-8)10-6-4-3-5-7-10/h3-7,15H,1-2H3,(H,17,18). The second-order valence-electron chi connectivity index (χ2n) is 4.37. The Bertz CT molecular complexity index is 769. The highest BCUT2D eigenvalue weighted by atomic mass is 16.1. The fraction of sp³-hybridized carbons (Fsp3) is 0.143. The smallest absolute Gasteiger partial charge is 0.345 e. The molecule has 1 aromatic carbocycles. The molecule has 4 heteroatoms. The van der Waals surface area contributed by atoms with E-state index < -0.39 is 0 Å². The van der Waals surface area contributed by atoms with Gasteiger partial charge in [0.15, 0.2) is 0 Å². The molecule has 4 nitrogen and oxygen atoms in total. The predicted molar refractivity (Wildman–Crippen MR) is 71.6 cm³/mol. The molecule has 3 rings (SSSR count). The van der Waals surface area contributed by atoms with Crippen LogP contribution in [0.2, 0.25) is 0 Å². The van der Waals surface area contributed by atoms with Crippen molar-refractivity contribution in [1.82, 2.24) is 15.0 Å². The Hall–Kier alpha value is -2.36. The average molecular weight is 239 g/mol. The molecule has 0 saturated carbocycles. The average Bonchev–Trinajstić information content (AvgIpc) is 2.67. The van der Waals surface area contributed by atoms with E-state index in [1.807, 2.05) is 44.2 Å². The second kappa shape index (κ2) is 3.84. The second-order valence-corrected chi connectivity index (χ2v) is 4.37. The van der Waals surface area contributed by atoms with Gasteiger partial charge in [-0.2, -0.15) is 4.98 Å².